The van der Waals surface area contributed by atoms with E-state index in [1.165, 1.54) is 0 Å². The molecule has 0 aliphatic carbocycles. The predicted molar refractivity (Wildman–Crippen MR) is 144 cm³/mol. The van der Waals surface area contributed by atoms with E-state index in [0.717, 1.165) is 24.0 Å². The van der Waals surface area contributed by atoms with Crippen LogP contribution in [0.3, 0.4) is 0 Å². The number of anilines is 1. The average molecular weight is 521 g/mol. The molecular formula is C29H36N4O5. The van der Waals surface area contributed by atoms with Gasteiger partial charge in [0.15, 0.2) is 11.3 Å². The summed E-state index contributed by atoms with van der Waals surface area (Å²) in [4.78, 5) is 52.9. The predicted octanol–water partition coefficient (Wildman–Crippen LogP) is 4.83. The second-order valence-electron chi connectivity index (χ2n) is 11.4. The Hall–Kier alpha value is -3.75. The van der Waals surface area contributed by atoms with Crippen molar-refractivity contribution in [2.24, 2.45) is 5.16 Å². The standard InChI is InChI=1S/C29H36N4O5/c1-18-10-8-14-30-25(18)33(21-11-9-15-32(17-21)27(36)37-28(3,4)5)26(35)20-12-13-22(19(2)16-20)23-24(34)29(6,7)38-31-23/h8,10,12-14,16,21H,9,11,15,17H2,1-7H3/t21-/m1/s1. The van der Waals surface area contributed by atoms with Crippen LogP contribution >= 0.6 is 0 Å². The van der Waals surface area contributed by atoms with Gasteiger partial charge in [-0.3, -0.25) is 14.5 Å². The van der Waals surface area contributed by atoms with Gasteiger partial charge in [0.1, 0.15) is 11.4 Å². The number of ketones is 1. The number of carbonyl (C=O) groups is 3. The number of benzene rings is 1. The van der Waals surface area contributed by atoms with E-state index in [4.69, 9.17) is 9.57 Å². The van der Waals surface area contributed by atoms with Gasteiger partial charge in [-0.25, -0.2) is 9.78 Å². The largest absolute Gasteiger partial charge is 0.444 e. The summed E-state index contributed by atoms with van der Waals surface area (Å²) in [6.07, 6.45) is 2.72. The van der Waals surface area contributed by atoms with E-state index in [9.17, 15) is 14.4 Å². The number of piperidine rings is 1. The van der Waals surface area contributed by atoms with Crippen LogP contribution in [-0.2, 0) is 14.4 Å². The normalized spacial score (nSPS) is 19.0. The Morgan fingerprint density at radius 2 is 1.89 bits per heavy atom. The van der Waals surface area contributed by atoms with Gasteiger partial charge in [-0.15, -0.1) is 0 Å². The van der Waals surface area contributed by atoms with Crippen molar-refractivity contribution in [1.82, 2.24) is 9.88 Å². The van der Waals surface area contributed by atoms with E-state index in [1.54, 1.807) is 48.0 Å². The molecule has 2 aliphatic rings. The number of amides is 2. The fourth-order valence-corrected chi connectivity index (χ4v) is 4.72. The molecule has 1 saturated heterocycles. The molecule has 1 fully saturated rings. The Kier molecular flexibility index (Phi) is 7.32. The summed E-state index contributed by atoms with van der Waals surface area (Å²) in [6, 6.07) is 8.66. The van der Waals surface area contributed by atoms with Crippen molar-refractivity contribution in [2.75, 3.05) is 18.0 Å². The van der Waals surface area contributed by atoms with E-state index >= 15 is 0 Å². The molecule has 0 radical (unpaired) electrons. The first-order chi connectivity index (χ1) is 17.8. The van der Waals surface area contributed by atoms with Crippen molar-refractivity contribution >= 4 is 29.3 Å². The molecule has 0 spiro atoms. The number of oxime groups is 1. The number of aryl methyl sites for hydroxylation is 2. The number of pyridine rings is 1. The van der Waals surface area contributed by atoms with Crippen LogP contribution < -0.4 is 4.90 Å². The van der Waals surface area contributed by atoms with Crippen LogP contribution in [0.2, 0.25) is 0 Å². The zero-order valence-electron chi connectivity index (χ0n) is 23.2. The monoisotopic (exact) mass is 520 g/mol. The third-order valence-electron chi connectivity index (χ3n) is 6.70. The molecular weight excluding hydrogens is 484 g/mol. The highest BCUT2D eigenvalue weighted by Gasteiger charge is 2.41. The third-order valence-corrected chi connectivity index (χ3v) is 6.70. The van der Waals surface area contributed by atoms with Crippen LogP contribution in [0.25, 0.3) is 0 Å². The number of aromatic nitrogens is 1. The van der Waals surface area contributed by atoms with Crippen molar-refractivity contribution in [3.05, 3.63) is 58.8 Å². The smallest absolute Gasteiger partial charge is 0.410 e. The SMILES string of the molecule is Cc1cc(C(=O)N(c2ncccc2C)[C@@H]2CCCN(C(=O)OC(C)(C)C)C2)ccc1C1=NOC(C)(C)C1=O. The van der Waals surface area contributed by atoms with Gasteiger partial charge in [0.05, 0.1) is 6.04 Å². The lowest BCUT2D eigenvalue weighted by atomic mass is 9.92. The van der Waals surface area contributed by atoms with Crippen molar-refractivity contribution in [3.63, 3.8) is 0 Å². The van der Waals surface area contributed by atoms with Crippen molar-refractivity contribution in [2.45, 2.75) is 78.6 Å². The number of rotatable bonds is 4. The molecule has 2 aromatic rings. The second-order valence-corrected chi connectivity index (χ2v) is 11.4. The maximum atomic E-state index is 14.1. The van der Waals surface area contributed by atoms with E-state index in [2.05, 4.69) is 10.1 Å². The molecule has 0 unspecified atom stereocenters. The van der Waals surface area contributed by atoms with Gasteiger partial charge >= 0.3 is 6.09 Å². The molecule has 38 heavy (non-hydrogen) atoms. The van der Waals surface area contributed by atoms with Gasteiger partial charge < -0.3 is 14.5 Å². The van der Waals surface area contributed by atoms with Crippen LogP contribution in [0, 0.1) is 13.8 Å². The molecule has 9 nitrogen and oxygen atoms in total. The van der Waals surface area contributed by atoms with Crippen LogP contribution in [-0.4, -0.2) is 63.7 Å². The summed E-state index contributed by atoms with van der Waals surface area (Å²) in [5.74, 6) is 0.129. The van der Waals surface area contributed by atoms with Gasteiger partial charge in [-0.1, -0.05) is 17.3 Å². The van der Waals surface area contributed by atoms with Crippen molar-refractivity contribution < 1.29 is 24.0 Å². The molecule has 0 saturated carbocycles. The molecule has 0 N–H and O–H groups in total. The molecule has 0 bridgehead atoms. The second kappa shape index (κ2) is 10.2. The molecule has 2 amide bonds. The first-order valence-electron chi connectivity index (χ1n) is 12.9. The highest BCUT2D eigenvalue weighted by Crippen LogP contribution is 2.29. The fourth-order valence-electron chi connectivity index (χ4n) is 4.72. The topological polar surface area (TPSA) is 101 Å². The van der Waals surface area contributed by atoms with Crippen LogP contribution in [0.15, 0.2) is 41.7 Å². The van der Waals surface area contributed by atoms with Gasteiger partial charge in [-0.2, -0.15) is 0 Å². The number of ether oxygens (including phenoxy) is 1. The number of likely N-dealkylation sites (tertiary alicyclic amines) is 1. The maximum absolute atomic E-state index is 14.1. The summed E-state index contributed by atoms with van der Waals surface area (Å²) in [5, 5.41) is 4.01. The molecule has 1 aromatic heterocycles. The van der Waals surface area contributed by atoms with Gasteiger partial charge in [-0.05, 0) is 90.6 Å². The molecule has 202 valence electrons. The Balaban J connectivity index is 1.66. The average Bonchev–Trinajstić information content (AvgIpc) is 3.11. The van der Waals surface area contributed by atoms with Gasteiger partial charge in [0, 0.05) is 30.4 Å². The Bertz CT molecular complexity index is 1290. The highest BCUT2D eigenvalue weighted by molar-refractivity contribution is 6.49. The number of nitrogens with zero attached hydrogens (tertiary/aromatic N) is 4. The number of hydrogen-bond acceptors (Lipinski definition) is 7. The van der Waals surface area contributed by atoms with E-state index in [1.807, 2.05) is 46.8 Å². The zero-order chi connectivity index (χ0) is 27.8. The molecule has 9 heteroatoms. The minimum absolute atomic E-state index is 0.199. The highest BCUT2D eigenvalue weighted by atomic mass is 16.7. The van der Waals surface area contributed by atoms with Crippen LogP contribution in [0.4, 0.5) is 10.6 Å². The molecule has 1 atom stereocenters. The van der Waals surface area contributed by atoms with Gasteiger partial charge in [0.2, 0.25) is 5.78 Å². The minimum atomic E-state index is -1.01. The maximum Gasteiger partial charge on any atom is 0.410 e. The number of carbonyl (C=O) groups excluding carboxylic acids is 3. The molecule has 1 aromatic carbocycles. The number of Topliss-reactive ketones (excluding diaryl/α,β-unsaturated/α-hetero) is 1. The zero-order valence-corrected chi connectivity index (χ0v) is 23.2. The number of hydrogen-bond donors (Lipinski definition) is 0. The first-order valence-corrected chi connectivity index (χ1v) is 12.9. The summed E-state index contributed by atoms with van der Waals surface area (Å²) >= 11 is 0. The Labute approximate surface area is 223 Å². The lowest BCUT2D eigenvalue weighted by molar-refractivity contribution is -0.128. The van der Waals surface area contributed by atoms with E-state index in [0.29, 0.717) is 30.0 Å². The van der Waals surface area contributed by atoms with Crippen molar-refractivity contribution in [1.29, 1.82) is 0 Å². The summed E-state index contributed by atoms with van der Waals surface area (Å²) < 4.78 is 5.60. The first kappa shape index (κ1) is 27.3. The quantitative estimate of drug-likeness (QED) is 0.573. The molecule has 2 aliphatic heterocycles. The lowest BCUT2D eigenvalue weighted by Gasteiger charge is -2.39. The lowest BCUT2D eigenvalue weighted by Crippen LogP contribution is -2.53. The fraction of sp³-hybridized carbons (Fsp3) is 0.483. The Morgan fingerprint density at radius 1 is 1.16 bits per heavy atom. The molecule has 3 heterocycles. The summed E-state index contributed by atoms with van der Waals surface area (Å²) in [6.45, 7) is 13.5. The van der Waals surface area contributed by atoms with Crippen LogP contribution in [0.1, 0.15) is 74.5 Å². The summed E-state index contributed by atoms with van der Waals surface area (Å²) in [7, 11) is 0. The van der Waals surface area contributed by atoms with Crippen LogP contribution in [0.5, 0.6) is 0 Å². The Morgan fingerprint density at radius 3 is 2.50 bits per heavy atom. The minimum Gasteiger partial charge on any atom is -0.444 e. The van der Waals surface area contributed by atoms with Gasteiger partial charge in [0.25, 0.3) is 5.91 Å². The van der Waals surface area contributed by atoms with E-state index < -0.39 is 11.2 Å². The van der Waals surface area contributed by atoms with E-state index in [-0.39, 0.29) is 29.5 Å². The van der Waals surface area contributed by atoms with Crippen molar-refractivity contribution in [3.8, 4) is 0 Å². The third kappa shape index (κ3) is 5.56. The molecule has 4 rings (SSSR count). The summed E-state index contributed by atoms with van der Waals surface area (Å²) in [5.41, 5.74) is 1.31.